The molecule has 9 nitrogen and oxygen atoms in total. The first-order valence-corrected chi connectivity index (χ1v) is 39.1. The van der Waals surface area contributed by atoms with Crippen LogP contribution < -0.4 is 0 Å². The number of hydrogen-bond donors (Lipinski definition) is 1. The van der Waals surface area contributed by atoms with Crippen molar-refractivity contribution < 1.29 is 42.9 Å². The third-order valence-electron chi connectivity index (χ3n) is 17.4. The minimum atomic E-state index is -1.51. The van der Waals surface area contributed by atoms with E-state index in [4.69, 9.17) is 18.9 Å². The van der Waals surface area contributed by atoms with E-state index in [1.165, 1.54) is 276 Å². The van der Waals surface area contributed by atoms with Crippen molar-refractivity contribution in [3.63, 3.8) is 0 Å². The van der Waals surface area contributed by atoms with Crippen LogP contribution in [0.25, 0.3) is 0 Å². The van der Waals surface area contributed by atoms with Crippen molar-refractivity contribution in [2.45, 2.75) is 386 Å². The number of esters is 2. The Morgan fingerprint density at radius 2 is 0.626 bits per heavy atom. The number of aliphatic carboxylic acids is 1. The molecule has 0 radical (unpaired) electrons. The number of hydrogen-bond acceptors (Lipinski definition) is 7. The van der Waals surface area contributed by atoms with Gasteiger partial charge in [-0.25, -0.2) is 4.79 Å². The molecule has 9 heteroatoms. The van der Waals surface area contributed by atoms with Gasteiger partial charge in [-0.15, -0.1) is 0 Å². The molecule has 2 unspecified atom stereocenters. The van der Waals surface area contributed by atoms with E-state index in [1.54, 1.807) is 0 Å². The Morgan fingerprint density at radius 3 is 0.945 bits per heavy atom. The van der Waals surface area contributed by atoms with Crippen molar-refractivity contribution in [2.75, 3.05) is 47.5 Å². The quantitative estimate of drug-likeness (QED) is 0.0211. The zero-order valence-corrected chi connectivity index (χ0v) is 60.8. The van der Waals surface area contributed by atoms with Crippen LogP contribution in [0.15, 0.2) is 72.9 Å². The van der Waals surface area contributed by atoms with E-state index in [0.717, 1.165) is 70.6 Å². The molecule has 91 heavy (non-hydrogen) atoms. The summed E-state index contributed by atoms with van der Waals surface area (Å²) < 4.78 is 23.0. The van der Waals surface area contributed by atoms with E-state index < -0.39 is 24.3 Å². The van der Waals surface area contributed by atoms with Crippen LogP contribution in [0.3, 0.4) is 0 Å². The van der Waals surface area contributed by atoms with Crippen LogP contribution in [-0.2, 0) is 33.3 Å². The van der Waals surface area contributed by atoms with Crippen molar-refractivity contribution in [3.8, 4) is 0 Å². The maximum absolute atomic E-state index is 13.0. The highest BCUT2D eigenvalue weighted by Crippen LogP contribution is 2.19. The second-order valence-electron chi connectivity index (χ2n) is 27.6. The van der Waals surface area contributed by atoms with E-state index in [-0.39, 0.29) is 32.2 Å². The van der Waals surface area contributed by atoms with Crippen LogP contribution in [0.2, 0.25) is 0 Å². The van der Waals surface area contributed by atoms with Crippen molar-refractivity contribution in [1.82, 2.24) is 0 Å². The van der Waals surface area contributed by atoms with Crippen LogP contribution in [0.5, 0.6) is 0 Å². The minimum absolute atomic E-state index is 0.180. The summed E-state index contributed by atoms with van der Waals surface area (Å²) in [6.45, 7) is 4.82. The van der Waals surface area contributed by atoms with Gasteiger partial charge >= 0.3 is 17.9 Å². The second kappa shape index (κ2) is 72.6. The smallest absolute Gasteiger partial charge is 0.361 e. The Hall–Kier alpha value is -3.27. The number of carbonyl (C=O) groups excluding carboxylic acids is 2. The number of unbranched alkanes of at least 4 members (excludes halogenated alkanes) is 46. The summed E-state index contributed by atoms with van der Waals surface area (Å²) in [6, 6.07) is 0. The molecule has 0 aromatic rings. The fourth-order valence-electron chi connectivity index (χ4n) is 11.5. The lowest BCUT2D eigenvalue weighted by Crippen LogP contribution is -2.40. The number of carboxylic acid groups (broad SMARTS) is 1. The number of carbonyl (C=O) groups is 3. The van der Waals surface area contributed by atoms with Crippen LogP contribution in [0.4, 0.5) is 0 Å². The molecule has 2 atom stereocenters. The van der Waals surface area contributed by atoms with E-state index in [2.05, 4.69) is 86.8 Å². The summed E-state index contributed by atoms with van der Waals surface area (Å²) in [5.74, 6) is -1.99. The van der Waals surface area contributed by atoms with Crippen LogP contribution >= 0.6 is 0 Å². The van der Waals surface area contributed by atoms with Crippen molar-refractivity contribution in [3.05, 3.63) is 72.9 Å². The molecule has 0 rings (SSSR count). The molecule has 0 heterocycles. The summed E-state index contributed by atoms with van der Waals surface area (Å²) in [5.41, 5.74) is 0. The normalized spacial score (nSPS) is 13.0. The summed E-state index contributed by atoms with van der Waals surface area (Å²) in [6.07, 6.45) is 94.8. The van der Waals surface area contributed by atoms with Gasteiger partial charge in [0.25, 0.3) is 6.29 Å². The molecule has 0 bridgehead atoms. The molecule has 0 saturated heterocycles. The lowest BCUT2D eigenvalue weighted by Gasteiger charge is -2.25. The van der Waals surface area contributed by atoms with Gasteiger partial charge in [0.2, 0.25) is 0 Å². The molecular weight excluding hydrogens is 1130 g/mol. The number of nitrogens with zero attached hydrogens (tertiary/aromatic N) is 1. The van der Waals surface area contributed by atoms with E-state index >= 15 is 0 Å². The molecule has 0 saturated carbocycles. The summed E-state index contributed by atoms with van der Waals surface area (Å²) in [7, 11) is 5.99. The lowest BCUT2D eigenvalue weighted by atomic mass is 10.0. The van der Waals surface area contributed by atoms with Gasteiger partial charge in [0.05, 0.1) is 34.4 Å². The van der Waals surface area contributed by atoms with E-state index in [0.29, 0.717) is 17.4 Å². The Labute approximate surface area is 564 Å². The number of allylic oxidation sites excluding steroid dienone is 12. The first-order chi connectivity index (χ1) is 44.6. The average molecular weight is 1280 g/mol. The second-order valence-corrected chi connectivity index (χ2v) is 27.6. The fraction of sp³-hybridized carbons (Fsp3) is 0.817. The molecule has 0 aromatic carbocycles. The topological polar surface area (TPSA) is 108 Å². The number of likely N-dealkylation sites (N-methyl/N-ethyl adjacent to an activating group) is 1. The summed E-state index contributed by atoms with van der Waals surface area (Å²) >= 11 is 0. The van der Waals surface area contributed by atoms with Crippen molar-refractivity contribution in [2.24, 2.45) is 0 Å². The van der Waals surface area contributed by atoms with Gasteiger partial charge in [0, 0.05) is 12.8 Å². The Bertz CT molecular complexity index is 1730. The van der Waals surface area contributed by atoms with E-state index in [9.17, 15) is 19.5 Å². The number of carboxylic acids is 1. The Morgan fingerprint density at radius 1 is 0.341 bits per heavy atom. The predicted octanol–water partition coefficient (Wildman–Crippen LogP) is 24.8. The molecule has 0 aliphatic rings. The molecule has 0 aliphatic carbocycles. The third-order valence-corrected chi connectivity index (χ3v) is 17.4. The maximum Gasteiger partial charge on any atom is 0.361 e. The largest absolute Gasteiger partial charge is 0.477 e. The molecule has 1 N–H and O–H groups in total. The Balaban J connectivity index is 3.99. The van der Waals surface area contributed by atoms with Gasteiger partial charge < -0.3 is 28.5 Å². The van der Waals surface area contributed by atoms with Gasteiger partial charge in [-0.3, -0.25) is 9.59 Å². The highest BCUT2D eigenvalue weighted by atomic mass is 16.7. The molecule has 0 spiro atoms. The van der Waals surface area contributed by atoms with Gasteiger partial charge in [-0.2, -0.15) is 0 Å². The summed E-state index contributed by atoms with van der Waals surface area (Å²) in [4.78, 5) is 37.7. The third kappa shape index (κ3) is 74.0. The first-order valence-electron chi connectivity index (χ1n) is 39.1. The predicted molar refractivity (Wildman–Crippen MR) is 392 cm³/mol. The minimum Gasteiger partial charge on any atom is -0.477 e. The fourth-order valence-corrected chi connectivity index (χ4v) is 11.5. The van der Waals surface area contributed by atoms with Crippen LogP contribution in [0.1, 0.15) is 373 Å². The van der Waals surface area contributed by atoms with Gasteiger partial charge in [0.1, 0.15) is 13.2 Å². The highest BCUT2D eigenvalue weighted by molar-refractivity contribution is 5.71. The lowest BCUT2D eigenvalue weighted by molar-refractivity contribution is -0.870. The SMILES string of the molecule is CC/C=C\C/C=C\C/C=C\C/C=C\C/C=C\CCCCCCCCCCCCCCCC(=O)OC(COC(=O)CCCCCCCCCCCCCCCCCCCCCCCCCCC/C=C\CCCCCCCCCC)COC(OCC[N+](C)(C)C)C(=O)O. The van der Waals surface area contributed by atoms with Gasteiger partial charge in [-0.1, -0.05) is 350 Å². The van der Waals surface area contributed by atoms with Crippen molar-refractivity contribution >= 4 is 17.9 Å². The number of quaternary nitrogens is 1. The number of ether oxygens (including phenoxy) is 4. The standard InChI is InChI=1S/C82H149NO8/c1-6-8-10-12-14-16-18-20-22-24-26-28-30-32-34-36-37-38-39-40-41-42-43-45-46-48-50-52-54-56-58-60-62-64-66-68-70-72-79(84)89-76-78(77-90-82(81(86)87)88-75-74-83(3,4)5)91-80(85)73-71-69-67-65-63-61-59-57-55-53-51-49-47-44-35-33-31-29-27-25-23-21-19-17-15-13-11-9-7-2/h9,11,15,17,21,23-24,26-27,29,33,35,78,82H,6-8,10,12-14,16,18-20,22,25,28,30-32,34,36-77H2,1-5H3/p+1/b11-9-,17-15-,23-21-,26-24-,29-27-,35-33-. The molecule has 0 aliphatic heterocycles. The maximum atomic E-state index is 13.0. The Kier molecular flexibility index (Phi) is 69.9. The molecule has 530 valence electrons. The van der Waals surface area contributed by atoms with Crippen LogP contribution in [-0.4, -0.2) is 87.4 Å². The molecule has 0 aromatic heterocycles. The zero-order chi connectivity index (χ0) is 66.1. The van der Waals surface area contributed by atoms with E-state index in [1.807, 2.05) is 21.1 Å². The van der Waals surface area contributed by atoms with Crippen LogP contribution in [0, 0.1) is 0 Å². The molecule has 0 amide bonds. The first kappa shape index (κ1) is 87.7. The molecule has 0 fully saturated rings. The van der Waals surface area contributed by atoms with Crippen molar-refractivity contribution in [1.29, 1.82) is 0 Å². The zero-order valence-electron chi connectivity index (χ0n) is 60.8. The van der Waals surface area contributed by atoms with Gasteiger partial charge in [0.15, 0.2) is 6.10 Å². The monoisotopic (exact) mass is 1280 g/mol. The van der Waals surface area contributed by atoms with Gasteiger partial charge in [-0.05, 0) is 83.5 Å². The highest BCUT2D eigenvalue weighted by Gasteiger charge is 2.25. The summed E-state index contributed by atoms with van der Waals surface area (Å²) in [5, 5.41) is 9.77. The average Bonchev–Trinajstić information content (AvgIpc) is 3.66. The molecular formula is C82H150NO8+. The number of rotatable bonds is 73.